The van der Waals surface area contributed by atoms with Gasteiger partial charge in [0, 0.05) is 0 Å². The highest BCUT2D eigenvalue weighted by molar-refractivity contribution is 7.99. The molecule has 6 nitrogen and oxygen atoms in total. The lowest BCUT2D eigenvalue weighted by Crippen LogP contribution is -2.28. The molecule has 0 bridgehead atoms. The van der Waals surface area contributed by atoms with Crippen LogP contribution in [0.4, 0.5) is 13.2 Å². The van der Waals surface area contributed by atoms with Gasteiger partial charge in [0.2, 0.25) is 11.1 Å². The van der Waals surface area contributed by atoms with Gasteiger partial charge in [0.05, 0.1) is 11.8 Å². The molecule has 0 saturated heterocycles. The second kappa shape index (κ2) is 6.90. The van der Waals surface area contributed by atoms with E-state index in [1.54, 1.807) is 0 Å². The predicted molar refractivity (Wildman–Crippen MR) is 78.9 cm³/mol. The van der Waals surface area contributed by atoms with E-state index in [1.165, 1.54) is 0 Å². The number of amides is 1. The third-order valence-electron chi connectivity index (χ3n) is 2.93. The molecule has 0 aliphatic heterocycles. The minimum Gasteiger partial charge on any atom is -0.349 e. The lowest BCUT2D eigenvalue weighted by Gasteiger charge is -2.13. The lowest BCUT2D eigenvalue weighted by molar-refractivity contribution is -0.146. The number of aromatic nitrogens is 3. The van der Waals surface area contributed by atoms with Crippen LogP contribution in [0.15, 0.2) is 35.5 Å². The molecule has 1 heterocycles. The number of nitrogens with zero attached hydrogens (tertiary/aromatic N) is 3. The van der Waals surface area contributed by atoms with E-state index in [1.807, 2.05) is 37.3 Å². The summed E-state index contributed by atoms with van der Waals surface area (Å²) < 4.78 is 37.9. The standard InChI is InChI=1S/C13H14F3N5OS/c1-8(9-5-3-2-4-6-9)18-10(22)7-23-12-20-19-11(21(12)17)13(14,15)16/h2-6,8H,7,17H2,1H3,(H,18,22). The molecular weight excluding hydrogens is 331 g/mol. The average molecular weight is 345 g/mol. The van der Waals surface area contributed by atoms with Crippen molar-refractivity contribution in [1.82, 2.24) is 20.2 Å². The van der Waals surface area contributed by atoms with E-state index >= 15 is 0 Å². The van der Waals surface area contributed by atoms with E-state index in [4.69, 9.17) is 5.84 Å². The monoisotopic (exact) mass is 345 g/mol. The fourth-order valence-corrected chi connectivity index (χ4v) is 2.47. The van der Waals surface area contributed by atoms with Crippen molar-refractivity contribution in [3.05, 3.63) is 41.7 Å². The molecule has 0 aliphatic carbocycles. The number of nitrogens with one attached hydrogen (secondary N) is 1. The topological polar surface area (TPSA) is 85.8 Å². The van der Waals surface area contributed by atoms with E-state index in [-0.39, 0.29) is 22.9 Å². The van der Waals surface area contributed by atoms with Crippen LogP contribution in [-0.4, -0.2) is 26.5 Å². The van der Waals surface area contributed by atoms with E-state index in [0.717, 1.165) is 17.3 Å². The first-order chi connectivity index (χ1) is 10.8. The molecule has 23 heavy (non-hydrogen) atoms. The average Bonchev–Trinajstić information content (AvgIpc) is 2.87. The Balaban J connectivity index is 1.91. The molecular formula is C13H14F3N5OS. The molecule has 124 valence electrons. The number of alkyl halides is 3. The first kappa shape index (κ1) is 17.1. The van der Waals surface area contributed by atoms with Crippen LogP contribution in [0.1, 0.15) is 24.4 Å². The Kier molecular flexibility index (Phi) is 5.14. The molecule has 10 heteroatoms. The molecule has 1 amide bonds. The quantitative estimate of drug-likeness (QED) is 0.639. The number of thioether (sulfide) groups is 1. The molecule has 0 saturated carbocycles. The zero-order chi connectivity index (χ0) is 17.0. The minimum absolute atomic E-state index is 0.121. The normalized spacial score (nSPS) is 12.9. The summed E-state index contributed by atoms with van der Waals surface area (Å²) >= 11 is 0.782. The zero-order valence-electron chi connectivity index (χ0n) is 12.0. The highest BCUT2D eigenvalue weighted by atomic mass is 32.2. The third kappa shape index (κ3) is 4.38. The third-order valence-corrected chi connectivity index (χ3v) is 3.87. The highest BCUT2D eigenvalue weighted by Gasteiger charge is 2.38. The first-order valence-corrected chi connectivity index (χ1v) is 7.52. The summed E-state index contributed by atoms with van der Waals surface area (Å²) in [6, 6.07) is 9.07. The molecule has 1 unspecified atom stereocenters. The maximum absolute atomic E-state index is 12.5. The van der Waals surface area contributed by atoms with Crippen molar-refractivity contribution in [3.63, 3.8) is 0 Å². The van der Waals surface area contributed by atoms with E-state index < -0.39 is 12.0 Å². The van der Waals surface area contributed by atoms with Gasteiger partial charge in [-0.05, 0) is 12.5 Å². The second-order valence-corrected chi connectivity index (χ2v) is 5.61. The molecule has 0 spiro atoms. The number of rotatable bonds is 5. The molecule has 0 radical (unpaired) electrons. The fraction of sp³-hybridized carbons (Fsp3) is 0.308. The van der Waals surface area contributed by atoms with Gasteiger partial charge >= 0.3 is 6.18 Å². The lowest BCUT2D eigenvalue weighted by atomic mass is 10.1. The van der Waals surface area contributed by atoms with E-state index in [0.29, 0.717) is 4.68 Å². The number of halogens is 3. The molecule has 2 aromatic rings. The molecule has 1 aromatic carbocycles. The summed E-state index contributed by atoms with van der Waals surface area (Å²) in [7, 11) is 0. The van der Waals surface area contributed by atoms with Gasteiger partial charge in [-0.25, -0.2) is 4.68 Å². The number of hydrogen-bond acceptors (Lipinski definition) is 5. The van der Waals surface area contributed by atoms with Gasteiger partial charge < -0.3 is 11.2 Å². The number of benzene rings is 1. The van der Waals surface area contributed by atoms with Crippen LogP contribution in [0.2, 0.25) is 0 Å². The van der Waals surface area contributed by atoms with Crippen molar-refractivity contribution < 1.29 is 18.0 Å². The summed E-state index contributed by atoms with van der Waals surface area (Å²) in [5.74, 6) is 3.51. The van der Waals surface area contributed by atoms with Crippen molar-refractivity contribution in [2.75, 3.05) is 11.6 Å². The SMILES string of the molecule is CC(NC(=O)CSc1nnc(C(F)(F)F)n1N)c1ccccc1. The fourth-order valence-electron chi connectivity index (χ4n) is 1.81. The summed E-state index contributed by atoms with van der Waals surface area (Å²) in [4.78, 5) is 11.9. The molecule has 3 N–H and O–H groups in total. The number of carbonyl (C=O) groups is 1. The largest absolute Gasteiger partial charge is 0.453 e. The molecule has 1 atom stereocenters. The van der Waals surface area contributed by atoms with Gasteiger partial charge in [0.25, 0.3) is 5.82 Å². The van der Waals surface area contributed by atoms with Gasteiger partial charge in [-0.15, -0.1) is 10.2 Å². The summed E-state index contributed by atoms with van der Waals surface area (Å²) in [6.45, 7) is 1.81. The Labute approximate surface area is 134 Å². The summed E-state index contributed by atoms with van der Waals surface area (Å²) in [5, 5.41) is 8.89. The van der Waals surface area contributed by atoms with E-state index in [2.05, 4.69) is 15.5 Å². The molecule has 0 fully saturated rings. The summed E-state index contributed by atoms with van der Waals surface area (Å²) in [6.07, 6.45) is -4.69. The Morgan fingerprint density at radius 3 is 2.57 bits per heavy atom. The number of nitrogen functional groups attached to an aromatic ring is 1. The van der Waals surface area contributed by atoms with Crippen LogP contribution < -0.4 is 11.2 Å². The molecule has 1 aromatic heterocycles. The van der Waals surface area contributed by atoms with Crippen molar-refractivity contribution in [3.8, 4) is 0 Å². The maximum atomic E-state index is 12.5. The van der Waals surface area contributed by atoms with Crippen LogP contribution in [0.25, 0.3) is 0 Å². The smallest absolute Gasteiger partial charge is 0.349 e. The van der Waals surface area contributed by atoms with Gasteiger partial charge in [-0.2, -0.15) is 13.2 Å². The van der Waals surface area contributed by atoms with Gasteiger partial charge in [-0.3, -0.25) is 4.79 Å². The first-order valence-electron chi connectivity index (χ1n) is 6.54. The summed E-state index contributed by atoms with van der Waals surface area (Å²) in [5.41, 5.74) is 0.923. The van der Waals surface area contributed by atoms with Gasteiger partial charge in [-0.1, -0.05) is 42.1 Å². The highest BCUT2D eigenvalue weighted by Crippen LogP contribution is 2.28. The molecule has 2 rings (SSSR count). The van der Waals surface area contributed by atoms with Crippen LogP contribution in [-0.2, 0) is 11.0 Å². The van der Waals surface area contributed by atoms with Gasteiger partial charge in [0.15, 0.2) is 0 Å². The van der Waals surface area contributed by atoms with Crippen molar-refractivity contribution >= 4 is 17.7 Å². The Bertz CT molecular complexity index is 674. The minimum atomic E-state index is -4.69. The number of carbonyl (C=O) groups excluding carboxylic acids is 1. The second-order valence-electron chi connectivity index (χ2n) is 4.66. The predicted octanol–water partition coefficient (Wildman–Crippen LogP) is 1.98. The number of hydrogen-bond donors (Lipinski definition) is 2. The van der Waals surface area contributed by atoms with Crippen LogP contribution in [0.5, 0.6) is 0 Å². The maximum Gasteiger partial charge on any atom is 0.453 e. The Hall–Kier alpha value is -2.23. The Morgan fingerprint density at radius 1 is 1.35 bits per heavy atom. The van der Waals surface area contributed by atoms with Crippen LogP contribution in [0.3, 0.4) is 0 Å². The van der Waals surface area contributed by atoms with Gasteiger partial charge in [0.1, 0.15) is 0 Å². The van der Waals surface area contributed by atoms with Crippen molar-refractivity contribution in [1.29, 1.82) is 0 Å². The van der Waals surface area contributed by atoms with E-state index in [9.17, 15) is 18.0 Å². The molecule has 0 aliphatic rings. The van der Waals surface area contributed by atoms with Crippen molar-refractivity contribution in [2.45, 2.75) is 24.3 Å². The van der Waals surface area contributed by atoms with Crippen molar-refractivity contribution in [2.24, 2.45) is 0 Å². The zero-order valence-corrected chi connectivity index (χ0v) is 12.9. The Morgan fingerprint density at radius 2 is 2.00 bits per heavy atom. The number of nitrogens with two attached hydrogens (primary N) is 1. The van der Waals surface area contributed by atoms with Crippen LogP contribution in [0, 0.1) is 0 Å². The van der Waals surface area contributed by atoms with Crippen LogP contribution >= 0.6 is 11.8 Å².